The van der Waals surface area contributed by atoms with E-state index in [4.69, 9.17) is 5.73 Å². The maximum Gasteiger partial charge on any atom is 0.0369 e. The molecule has 1 aliphatic carbocycles. The van der Waals surface area contributed by atoms with E-state index in [0.29, 0.717) is 0 Å². The molecule has 2 nitrogen and oxygen atoms in total. The first-order valence-corrected chi connectivity index (χ1v) is 7.88. The molecular formula is C17H26N2. The van der Waals surface area contributed by atoms with Crippen LogP contribution in [-0.4, -0.2) is 12.6 Å². The first-order valence-electron chi connectivity index (χ1n) is 7.88. The molecule has 0 bridgehead atoms. The average Bonchev–Trinajstić information content (AvgIpc) is 3.09. The molecule has 19 heavy (non-hydrogen) atoms. The summed E-state index contributed by atoms with van der Waals surface area (Å²) in [7, 11) is 0. The van der Waals surface area contributed by atoms with Crippen LogP contribution in [0.3, 0.4) is 0 Å². The molecule has 1 saturated carbocycles. The van der Waals surface area contributed by atoms with Crippen molar-refractivity contribution in [3.8, 4) is 0 Å². The van der Waals surface area contributed by atoms with Gasteiger partial charge in [0.25, 0.3) is 0 Å². The van der Waals surface area contributed by atoms with E-state index in [0.717, 1.165) is 12.0 Å². The van der Waals surface area contributed by atoms with Crippen LogP contribution in [0.5, 0.6) is 0 Å². The molecule has 2 heteroatoms. The molecule has 2 atom stereocenters. The summed E-state index contributed by atoms with van der Waals surface area (Å²) < 4.78 is 0. The molecular weight excluding hydrogens is 232 g/mol. The lowest BCUT2D eigenvalue weighted by atomic mass is 9.95. The Morgan fingerprint density at radius 2 is 1.74 bits per heavy atom. The third-order valence-corrected chi connectivity index (χ3v) is 4.99. The number of nitrogens with zero attached hydrogens (tertiary/aromatic N) is 1. The zero-order valence-corrected chi connectivity index (χ0v) is 12.0. The molecule has 2 N–H and O–H groups in total. The quantitative estimate of drug-likeness (QED) is 0.892. The molecule has 1 heterocycles. The Kier molecular flexibility index (Phi) is 3.79. The minimum atomic E-state index is 0.137. The maximum absolute atomic E-state index is 5.93. The van der Waals surface area contributed by atoms with Gasteiger partial charge in [-0.15, -0.1) is 0 Å². The molecule has 104 valence electrons. The zero-order valence-electron chi connectivity index (χ0n) is 12.0. The molecule has 3 rings (SSSR count). The third-order valence-electron chi connectivity index (χ3n) is 4.99. The summed E-state index contributed by atoms with van der Waals surface area (Å²) in [4.78, 5) is 2.65. The minimum absolute atomic E-state index is 0.137. The number of hydrogen-bond donors (Lipinski definition) is 1. The maximum atomic E-state index is 5.93. The van der Waals surface area contributed by atoms with Crippen molar-refractivity contribution in [1.29, 1.82) is 0 Å². The molecule has 1 aromatic rings. The Morgan fingerprint density at radius 1 is 1.05 bits per heavy atom. The lowest BCUT2D eigenvalue weighted by Crippen LogP contribution is -2.34. The van der Waals surface area contributed by atoms with E-state index >= 15 is 0 Å². The van der Waals surface area contributed by atoms with E-state index in [2.05, 4.69) is 29.2 Å². The monoisotopic (exact) mass is 258 g/mol. The summed E-state index contributed by atoms with van der Waals surface area (Å²) >= 11 is 0. The lowest BCUT2D eigenvalue weighted by molar-refractivity contribution is 0.431. The van der Waals surface area contributed by atoms with Gasteiger partial charge >= 0.3 is 0 Å². The van der Waals surface area contributed by atoms with Crippen LogP contribution in [0.1, 0.15) is 57.1 Å². The molecule has 1 aliphatic heterocycles. The van der Waals surface area contributed by atoms with Crippen molar-refractivity contribution >= 4 is 5.69 Å². The highest BCUT2D eigenvalue weighted by Gasteiger charge is 2.33. The highest BCUT2D eigenvalue weighted by molar-refractivity contribution is 5.50. The van der Waals surface area contributed by atoms with Gasteiger partial charge in [-0.05, 0) is 56.2 Å². The van der Waals surface area contributed by atoms with Crippen LogP contribution < -0.4 is 10.6 Å². The van der Waals surface area contributed by atoms with Gasteiger partial charge < -0.3 is 10.6 Å². The van der Waals surface area contributed by atoms with Crippen molar-refractivity contribution in [3.63, 3.8) is 0 Å². The molecule has 0 amide bonds. The largest absolute Gasteiger partial charge is 0.368 e. The van der Waals surface area contributed by atoms with Crippen LogP contribution in [0.4, 0.5) is 5.69 Å². The first-order chi connectivity index (χ1) is 9.25. The van der Waals surface area contributed by atoms with Crippen LogP contribution in [0, 0.1) is 5.92 Å². The predicted molar refractivity (Wildman–Crippen MR) is 81.4 cm³/mol. The van der Waals surface area contributed by atoms with Gasteiger partial charge in [0.2, 0.25) is 0 Å². The normalized spacial score (nSPS) is 26.0. The average molecular weight is 258 g/mol. The van der Waals surface area contributed by atoms with E-state index in [1.807, 2.05) is 6.92 Å². The summed E-state index contributed by atoms with van der Waals surface area (Å²) in [5, 5.41) is 0. The fourth-order valence-electron chi connectivity index (χ4n) is 3.91. The van der Waals surface area contributed by atoms with Gasteiger partial charge in [0.05, 0.1) is 0 Å². The van der Waals surface area contributed by atoms with Crippen molar-refractivity contribution in [2.45, 2.75) is 57.5 Å². The van der Waals surface area contributed by atoms with Gasteiger partial charge in [-0.3, -0.25) is 0 Å². The van der Waals surface area contributed by atoms with Crippen LogP contribution in [0.25, 0.3) is 0 Å². The number of nitrogens with two attached hydrogens (primary N) is 1. The zero-order chi connectivity index (χ0) is 13.2. The summed E-state index contributed by atoms with van der Waals surface area (Å²) in [6.45, 7) is 3.28. The summed E-state index contributed by atoms with van der Waals surface area (Å²) in [5.74, 6) is 0.940. The summed E-state index contributed by atoms with van der Waals surface area (Å²) in [6.07, 6.45) is 8.52. The second kappa shape index (κ2) is 5.54. The van der Waals surface area contributed by atoms with E-state index in [1.54, 1.807) is 0 Å². The Morgan fingerprint density at radius 3 is 2.37 bits per heavy atom. The van der Waals surface area contributed by atoms with Crippen LogP contribution in [0.2, 0.25) is 0 Å². The first kappa shape index (κ1) is 13.0. The van der Waals surface area contributed by atoms with Crippen molar-refractivity contribution in [2.75, 3.05) is 11.4 Å². The van der Waals surface area contributed by atoms with Crippen LogP contribution in [-0.2, 0) is 0 Å². The lowest BCUT2D eigenvalue weighted by Gasteiger charge is -2.31. The van der Waals surface area contributed by atoms with Gasteiger partial charge in [0.15, 0.2) is 0 Å². The smallest absolute Gasteiger partial charge is 0.0369 e. The van der Waals surface area contributed by atoms with Crippen LogP contribution >= 0.6 is 0 Å². The number of hydrogen-bond acceptors (Lipinski definition) is 2. The minimum Gasteiger partial charge on any atom is -0.368 e. The predicted octanol–water partition coefficient (Wildman–Crippen LogP) is 3.87. The Bertz CT molecular complexity index is 404. The van der Waals surface area contributed by atoms with Gasteiger partial charge in [-0.2, -0.15) is 0 Å². The van der Waals surface area contributed by atoms with E-state index in [9.17, 15) is 0 Å². The van der Waals surface area contributed by atoms with E-state index in [1.165, 1.54) is 56.3 Å². The SMILES string of the molecule is C[C@@H](N)c1ccc(N2CCCC2C2CCCC2)cc1. The van der Waals surface area contributed by atoms with Crippen molar-refractivity contribution < 1.29 is 0 Å². The van der Waals surface area contributed by atoms with Gasteiger partial charge in [0.1, 0.15) is 0 Å². The van der Waals surface area contributed by atoms with Crippen molar-refractivity contribution in [3.05, 3.63) is 29.8 Å². The third kappa shape index (κ3) is 2.64. The summed E-state index contributed by atoms with van der Waals surface area (Å²) in [6, 6.07) is 9.87. The van der Waals surface area contributed by atoms with Crippen molar-refractivity contribution in [2.24, 2.45) is 11.7 Å². The number of anilines is 1. The Labute approximate surface area is 117 Å². The second-order valence-corrected chi connectivity index (χ2v) is 6.33. The molecule has 2 aliphatic rings. The van der Waals surface area contributed by atoms with Gasteiger partial charge in [-0.25, -0.2) is 0 Å². The molecule has 2 fully saturated rings. The number of benzene rings is 1. The molecule has 1 aromatic carbocycles. The highest BCUT2D eigenvalue weighted by atomic mass is 15.2. The topological polar surface area (TPSA) is 29.3 Å². The fraction of sp³-hybridized carbons (Fsp3) is 0.647. The molecule has 0 spiro atoms. The van der Waals surface area contributed by atoms with E-state index < -0.39 is 0 Å². The summed E-state index contributed by atoms with van der Waals surface area (Å²) in [5.41, 5.74) is 8.57. The standard InChI is InChI=1S/C17H26N2/c1-13(18)14-8-10-16(11-9-14)19-12-4-7-17(19)15-5-2-3-6-15/h8-11,13,15,17H,2-7,12,18H2,1H3/t13-,17?/m1/s1. The molecule has 1 unspecified atom stereocenters. The Hall–Kier alpha value is -1.02. The second-order valence-electron chi connectivity index (χ2n) is 6.33. The van der Waals surface area contributed by atoms with Crippen LogP contribution in [0.15, 0.2) is 24.3 Å². The molecule has 0 aromatic heterocycles. The Balaban J connectivity index is 1.76. The molecule has 0 radical (unpaired) electrons. The fourth-order valence-corrected chi connectivity index (χ4v) is 3.91. The van der Waals surface area contributed by atoms with Gasteiger partial charge in [-0.1, -0.05) is 25.0 Å². The molecule has 1 saturated heterocycles. The number of rotatable bonds is 3. The van der Waals surface area contributed by atoms with Gasteiger partial charge in [0, 0.05) is 24.3 Å². The highest BCUT2D eigenvalue weighted by Crippen LogP contribution is 2.37. The van der Waals surface area contributed by atoms with Crippen molar-refractivity contribution in [1.82, 2.24) is 0 Å². The van der Waals surface area contributed by atoms with E-state index in [-0.39, 0.29) is 6.04 Å².